The normalized spacial score (nSPS) is 11.7. The highest BCUT2D eigenvalue weighted by Crippen LogP contribution is 2.30. The van der Waals surface area contributed by atoms with Crippen molar-refractivity contribution >= 4 is 16.5 Å². The van der Waals surface area contributed by atoms with E-state index >= 15 is 0 Å². The Morgan fingerprint density at radius 1 is 1.00 bits per heavy atom. The highest BCUT2D eigenvalue weighted by molar-refractivity contribution is 6.18. The van der Waals surface area contributed by atoms with E-state index in [2.05, 4.69) is 9.98 Å². The molecule has 6 heteroatoms. The molecule has 3 nitrogen and oxygen atoms in total. The fourth-order valence-electron chi connectivity index (χ4n) is 3.05. The van der Waals surface area contributed by atoms with Gasteiger partial charge in [0, 0.05) is 24.0 Å². The molecule has 30 heavy (non-hydrogen) atoms. The highest BCUT2D eigenvalue weighted by atomic mass is 19.4. The van der Waals surface area contributed by atoms with Gasteiger partial charge >= 0.3 is 6.18 Å². The number of aryl methyl sites for hydroxylation is 2. The van der Waals surface area contributed by atoms with Gasteiger partial charge in [-0.15, -0.1) is 0 Å². The van der Waals surface area contributed by atoms with E-state index in [1.54, 1.807) is 27.0 Å². The number of alkyl halides is 3. The van der Waals surface area contributed by atoms with Crippen LogP contribution in [0.15, 0.2) is 65.2 Å². The molecule has 0 spiro atoms. The predicted molar refractivity (Wildman–Crippen MR) is 116 cm³/mol. The minimum Gasteiger partial charge on any atom is -0.507 e. The molecule has 0 saturated carbocycles. The number of allylic oxidation sites excluding steroid dienone is 2. The molecule has 3 aromatic rings. The summed E-state index contributed by atoms with van der Waals surface area (Å²) in [5.41, 5.74) is 2.92. The standard InChI is InChI=1S/C16H17NO.C8H8F3N/c1-11(2)10-14(17-3)16-13-7-5-4-6-12(13)8-9-15(16)18;1-5-3-7(8(9,10)11)4-6(2)12-5/h4-10,18H,1-3H3;3-4H,1-2H3. The van der Waals surface area contributed by atoms with Crippen molar-refractivity contribution in [2.45, 2.75) is 33.9 Å². The molecule has 0 radical (unpaired) electrons. The average Bonchev–Trinajstić information content (AvgIpc) is 2.65. The number of fused-ring (bicyclic) bond motifs is 1. The maximum absolute atomic E-state index is 12.1. The van der Waals surface area contributed by atoms with Gasteiger partial charge in [-0.1, -0.05) is 35.9 Å². The number of aromatic hydroxyl groups is 1. The predicted octanol–water partition coefficient (Wildman–Crippen LogP) is 6.65. The zero-order valence-electron chi connectivity index (χ0n) is 17.7. The molecule has 0 aliphatic rings. The molecular weight excluding hydrogens is 389 g/mol. The Morgan fingerprint density at radius 3 is 2.13 bits per heavy atom. The lowest BCUT2D eigenvalue weighted by molar-refractivity contribution is -0.137. The average molecular weight is 414 g/mol. The minimum atomic E-state index is -4.27. The Labute approximate surface area is 174 Å². The van der Waals surface area contributed by atoms with E-state index in [4.69, 9.17) is 0 Å². The molecule has 0 unspecified atom stereocenters. The number of rotatable bonds is 2. The second-order valence-electron chi connectivity index (χ2n) is 7.15. The lowest BCUT2D eigenvalue weighted by Gasteiger charge is -2.09. The molecule has 0 atom stereocenters. The van der Waals surface area contributed by atoms with Crippen molar-refractivity contribution in [3.05, 3.63) is 82.7 Å². The zero-order valence-corrected chi connectivity index (χ0v) is 17.7. The van der Waals surface area contributed by atoms with Gasteiger partial charge in [0.25, 0.3) is 0 Å². The number of benzene rings is 2. The van der Waals surface area contributed by atoms with E-state index in [0.29, 0.717) is 11.4 Å². The van der Waals surface area contributed by atoms with Crippen molar-refractivity contribution in [2.24, 2.45) is 4.99 Å². The number of phenols is 1. The number of phenolic OH excluding ortho intramolecular Hbond substituents is 1. The molecule has 0 fully saturated rings. The first kappa shape index (κ1) is 23.1. The van der Waals surface area contributed by atoms with Crippen LogP contribution in [0.1, 0.15) is 36.4 Å². The SMILES string of the molecule is CN=C(C=C(C)C)c1c(O)ccc2ccccc12.Cc1cc(C(F)(F)F)cc(C)n1. The van der Waals surface area contributed by atoms with Gasteiger partial charge in [0.2, 0.25) is 0 Å². The summed E-state index contributed by atoms with van der Waals surface area (Å²) in [4.78, 5) is 8.14. The molecule has 0 amide bonds. The molecule has 1 aromatic heterocycles. The van der Waals surface area contributed by atoms with Gasteiger partial charge in [0.15, 0.2) is 0 Å². The van der Waals surface area contributed by atoms with E-state index in [1.807, 2.05) is 50.3 Å². The maximum atomic E-state index is 12.1. The molecule has 158 valence electrons. The number of pyridine rings is 1. The summed E-state index contributed by atoms with van der Waals surface area (Å²) < 4.78 is 36.4. The van der Waals surface area contributed by atoms with Gasteiger partial charge in [-0.25, -0.2) is 0 Å². The summed E-state index contributed by atoms with van der Waals surface area (Å²) in [6, 6.07) is 13.7. The Kier molecular flexibility index (Phi) is 7.38. The lowest BCUT2D eigenvalue weighted by Crippen LogP contribution is -2.06. The van der Waals surface area contributed by atoms with Crippen molar-refractivity contribution < 1.29 is 18.3 Å². The van der Waals surface area contributed by atoms with Gasteiger partial charge in [-0.2, -0.15) is 13.2 Å². The van der Waals surface area contributed by atoms with Crippen LogP contribution in [0.4, 0.5) is 13.2 Å². The molecule has 2 aromatic carbocycles. The summed E-state index contributed by atoms with van der Waals surface area (Å²) in [7, 11) is 1.75. The maximum Gasteiger partial charge on any atom is 0.416 e. The first-order valence-corrected chi connectivity index (χ1v) is 9.38. The Morgan fingerprint density at radius 2 is 1.60 bits per heavy atom. The number of aromatic nitrogens is 1. The van der Waals surface area contributed by atoms with Crippen LogP contribution in [0.25, 0.3) is 10.8 Å². The first-order chi connectivity index (χ1) is 14.0. The van der Waals surface area contributed by atoms with Crippen LogP contribution in [0.2, 0.25) is 0 Å². The van der Waals surface area contributed by atoms with Crippen LogP contribution in [0.5, 0.6) is 5.75 Å². The molecular formula is C24H25F3N2O. The van der Waals surface area contributed by atoms with Gasteiger partial charge in [-0.3, -0.25) is 9.98 Å². The second kappa shape index (κ2) is 9.57. The van der Waals surface area contributed by atoms with Crippen LogP contribution in [0.3, 0.4) is 0 Å². The molecule has 1 N–H and O–H groups in total. The second-order valence-corrected chi connectivity index (χ2v) is 7.15. The summed E-state index contributed by atoms with van der Waals surface area (Å²) in [6.07, 6.45) is -2.28. The number of aliphatic imine (C=N–C) groups is 1. The molecule has 1 heterocycles. The van der Waals surface area contributed by atoms with Crippen LogP contribution in [-0.2, 0) is 6.18 Å². The number of hydrogen-bond acceptors (Lipinski definition) is 3. The topological polar surface area (TPSA) is 45.5 Å². The fourth-order valence-corrected chi connectivity index (χ4v) is 3.05. The van der Waals surface area contributed by atoms with Gasteiger partial charge < -0.3 is 5.11 Å². The van der Waals surface area contributed by atoms with Crippen LogP contribution >= 0.6 is 0 Å². The summed E-state index contributed by atoms with van der Waals surface area (Å²) in [5.74, 6) is 0.270. The van der Waals surface area contributed by atoms with Crippen molar-refractivity contribution in [1.82, 2.24) is 4.98 Å². The van der Waals surface area contributed by atoms with E-state index < -0.39 is 11.7 Å². The largest absolute Gasteiger partial charge is 0.507 e. The van der Waals surface area contributed by atoms with Crippen molar-refractivity contribution in [2.75, 3.05) is 7.05 Å². The van der Waals surface area contributed by atoms with Gasteiger partial charge in [-0.05, 0) is 62.7 Å². The van der Waals surface area contributed by atoms with Crippen molar-refractivity contribution in [3.8, 4) is 5.75 Å². The first-order valence-electron chi connectivity index (χ1n) is 9.38. The number of hydrogen-bond donors (Lipinski definition) is 1. The summed E-state index contributed by atoms with van der Waals surface area (Å²) in [6.45, 7) is 7.13. The Hall–Kier alpha value is -3.15. The van der Waals surface area contributed by atoms with E-state index in [1.165, 1.54) is 0 Å². The molecule has 0 aliphatic heterocycles. The van der Waals surface area contributed by atoms with Crippen molar-refractivity contribution in [3.63, 3.8) is 0 Å². The van der Waals surface area contributed by atoms with E-state index in [0.717, 1.165) is 39.8 Å². The van der Waals surface area contributed by atoms with Crippen LogP contribution in [0, 0.1) is 13.8 Å². The van der Waals surface area contributed by atoms with E-state index in [-0.39, 0.29) is 5.75 Å². The van der Waals surface area contributed by atoms with E-state index in [9.17, 15) is 18.3 Å². The third kappa shape index (κ3) is 5.92. The molecule has 0 aliphatic carbocycles. The summed E-state index contributed by atoms with van der Waals surface area (Å²) in [5, 5.41) is 12.2. The fraction of sp³-hybridized carbons (Fsp3) is 0.250. The number of nitrogens with zero attached hydrogens (tertiary/aromatic N) is 2. The molecule has 3 rings (SSSR count). The monoisotopic (exact) mass is 414 g/mol. The van der Waals surface area contributed by atoms with Gasteiger partial charge in [0.05, 0.1) is 11.3 Å². The van der Waals surface area contributed by atoms with Crippen LogP contribution < -0.4 is 0 Å². The minimum absolute atomic E-state index is 0.270. The number of halogens is 3. The smallest absolute Gasteiger partial charge is 0.416 e. The third-order valence-electron chi connectivity index (χ3n) is 4.24. The quantitative estimate of drug-likeness (QED) is 0.477. The van der Waals surface area contributed by atoms with Crippen LogP contribution in [-0.4, -0.2) is 22.8 Å². The highest BCUT2D eigenvalue weighted by Gasteiger charge is 2.30. The Balaban J connectivity index is 0.000000232. The van der Waals surface area contributed by atoms with Gasteiger partial charge in [0.1, 0.15) is 5.75 Å². The Bertz CT molecular complexity index is 1080. The van der Waals surface area contributed by atoms with Crippen molar-refractivity contribution in [1.29, 1.82) is 0 Å². The zero-order chi connectivity index (χ0) is 22.5. The summed E-state index contributed by atoms with van der Waals surface area (Å²) >= 11 is 0. The third-order valence-corrected chi connectivity index (χ3v) is 4.24. The molecule has 0 bridgehead atoms. The lowest BCUT2D eigenvalue weighted by atomic mass is 9.98. The molecule has 0 saturated heterocycles.